The van der Waals surface area contributed by atoms with E-state index in [2.05, 4.69) is 0 Å². The molecule has 2 aromatic carbocycles. The van der Waals surface area contributed by atoms with Gasteiger partial charge in [0, 0.05) is 24.7 Å². The van der Waals surface area contributed by atoms with Crippen LogP contribution >= 0.6 is 23.2 Å². The first kappa shape index (κ1) is 25.9. The number of nitrogens with zero attached hydrogens (tertiary/aromatic N) is 3. The van der Waals surface area contributed by atoms with Gasteiger partial charge in [-0.1, -0.05) is 23.2 Å². The standard InChI is InChI=1S/C26H27Cl2N3O5/c1-4-36-26(33)16-6-5-11-30(15-16)25(32)23-14-22(19-9-8-18(34-2)13-24(19)35-3)29-31(23)17-7-10-20(27)21(28)12-17/h7-10,12-14,16H,4-6,11,15H2,1-3H3. The van der Waals surface area contributed by atoms with Crippen molar-refractivity contribution in [3.8, 4) is 28.4 Å². The van der Waals surface area contributed by atoms with Crippen molar-refractivity contribution in [2.24, 2.45) is 5.92 Å². The molecule has 0 spiro atoms. The van der Waals surface area contributed by atoms with E-state index in [0.717, 1.165) is 0 Å². The van der Waals surface area contributed by atoms with Crippen LogP contribution in [0, 0.1) is 5.92 Å². The number of likely N-dealkylation sites (tertiary alicyclic amines) is 1. The van der Waals surface area contributed by atoms with Crippen LogP contribution in [0.4, 0.5) is 0 Å². The molecular formula is C26H27Cl2N3O5. The number of hydrogen-bond acceptors (Lipinski definition) is 6. The molecule has 36 heavy (non-hydrogen) atoms. The van der Waals surface area contributed by atoms with Crippen molar-refractivity contribution in [1.82, 2.24) is 14.7 Å². The molecule has 8 nitrogen and oxygen atoms in total. The zero-order valence-corrected chi connectivity index (χ0v) is 21.8. The third kappa shape index (κ3) is 5.29. The van der Waals surface area contributed by atoms with Gasteiger partial charge in [-0.3, -0.25) is 9.59 Å². The van der Waals surface area contributed by atoms with Gasteiger partial charge < -0.3 is 19.1 Å². The van der Waals surface area contributed by atoms with E-state index in [4.69, 9.17) is 42.5 Å². The first-order chi connectivity index (χ1) is 17.4. The molecule has 1 aliphatic rings. The number of ether oxygens (including phenoxy) is 3. The van der Waals surface area contributed by atoms with Crippen LogP contribution in [-0.4, -0.2) is 60.5 Å². The fraction of sp³-hybridized carbons (Fsp3) is 0.346. The van der Waals surface area contributed by atoms with E-state index in [0.29, 0.717) is 70.2 Å². The second-order valence-corrected chi connectivity index (χ2v) is 9.15. The summed E-state index contributed by atoms with van der Waals surface area (Å²) in [6.07, 6.45) is 1.39. The SMILES string of the molecule is CCOC(=O)C1CCCN(C(=O)c2cc(-c3ccc(OC)cc3OC)nn2-c2ccc(Cl)c(Cl)c2)C1. The summed E-state index contributed by atoms with van der Waals surface area (Å²) >= 11 is 12.4. The van der Waals surface area contributed by atoms with E-state index < -0.39 is 0 Å². The number of halogens is 2. The Hall–Kier alpha value is -3.23. The van der Waals surface area contributed by atoms with Crippen LogP contribution in [0.25, 0.3) is 16.9 Å². The maximum atomic E-state index is 13.8. The Morgan fingerprint density at radius 1 is 1.06 bits per heavy atom. The third-order valence-corrected chi connectivity index (χ3v) is 6.83. The molecule has 1 saturated heterocycles. The lowest BCUT2D eigenvalue weighted by molar-refractivity contribution is -0.149. The lowest BCUT2D eigenvalue weighted by Crippen LogP contribution is -2.43. The molecule has 1 aromatic heterocycles. The highest BCUT2D eigenvalue weighted by molar-refractivity contribution is 6.42. The van der Waals surface area contributed by atoms with E-state index in [1.165, 1.54) is 4.68 Å². The number of aromatic nitrogens is 2. The monoisotopic (exact) mass is 531 g/mol. The molecule has 1 unspecified atom stereocenters. The number of benzene rings is 2. The molecule has 3 aromatic rings. The van der Waals surface area contributed by atoms with Crippen LogP contribution in [0.5, 0.6) is 11.5 Å². The number of esters is 1. The van der Waals surface area contributed by atoms with E-state index in [-0.39, 0.29) is 24.3 Å². The average Bonchev–Trinajstić information content (AvgIpc) is 3.34. The van der Waals surface area contributed by atoms with Gasteiger partial charge in [-0.25, -0.2) is 4.68 Å². The zero-order chi connectivity index (χ0) is 25.8. The summed E-state index contributed by atoms with van der Waals surface area (Å²) in [4.78, 5) is 27.8. The maximum absolute atomic E-state index is 13.8. The number of amides is 1. The predicted octanol–water partition coefficient (Wildman–Crippen LogP) is 5.28. The minimum absolute atomic E-state index is 0.249. The van der Waals surface area contributed by atoms with Crippen molar-refractivity contribution in [2.75, 3.05) is 33.9 Å². The maximum Gasteiger partial charge on any atom is 0.310 e. The van der Waals surface area contributed by atoms with Gasteiger partial charge in [0.25, 0.3) is 5.91 Å². The van der Waals surface area contributed by atoms with Crippen LogP contribution in [0.3, 0.4) is 0 Å². The largest absolute Gasteiger partial charge is 0.497 e. The van der Waals surface area contributed by atoms with Gasteiger partial charge in [-0.15, -0.1) is 0 Å². The molecule has 1 atom stereocenters. The number of methoxy groups -OCH3 is 2. The Morgan fingerprint density at radius 3 is 2.56 bits per heavy atom. The number of rotatable bonds is 7. The molecule has 0 saturated carbocycles. The molecule has 1 fully saturated rings. The van der Waals surface area contributed by atoms with Crippen molar-refractivity contribution in [1.29, 1.82) is 0 Å². The van der Waals surface area contributed by atoms with Crippen LogP contribution in [0.15, 0.2) is 42.5 Å². The molecule has 10 heteroatoms. The lowest BCUT2D eigenvalue weighted by Gasteiger charge is -2.31. The molecule has 190 valence electrons. The first-order valence-corrected chi connectivity index (χ1v) is 12.4. The molecule has 0 aliphatic carbocycles. The molecule has 0 bridgehead atoms. The Labute approximate surface area is 219 Å². The highest BCUT2D eigenvalue weighted by Crippen LogP contribution is 2.34. The van der Waals surface area contributed by atoms with E-state index in [9.17, 15) is 9.59 Å². The van der Waals surface area contributed by atoms with Crippen molar-refractivity contribution < 1.29 is 23.8 Å². The average molecular weight is 532 g/mol. The summed E-state index contributed by atoms with van der Waals surface area (Å²) in [5.41, 5.74) is 2.12. The number of piperidine rings is 1. The Morgan fingerprint density at radius 2 is 1.86 bits per heavy atom. The first-order valence-electron chi connectivity index (χ1n) is 11.6. The van der Waals surface area contributed by atoms with Gasteiger partial charge in [0.2, 0.25) is 0 Å². The van der Waals surface area contributed by atoms with Crippen LogP contribution in [0.1, 0.15) is 30.3 Å². The molecule has 1 amide bonds. The van der Waals surface area contributed by atoms with Crippen molar-refractivity contribution in [2.45, 2.75) is 19.8 Å². The van der Waals surface area contributed by atoms with Gasteiger partial charge in [-0.2, -0.15) is 5.10 Å². The van der Waals surface area contributed by atoms with Crippen molar-refractivity contribution in [3.63, 3.8) is 0 Å². The molecule has 0 radical (unpaired) electrons. The second-order valence-electron chi connectivity index (χ2n) is 8.33. The van der Waals surface area contributed by atoms with Crippen LogP contribution in [-0.2, 0) is 9.53 Å². The van der Waals surface area contributed by atoms with Crippen molar-refractivity contribution >= 4 is 35.1 Å². The summed E-state index contributed by atoms with van der Waals surface area (Å²) in [6.45, 7) is 2.89. The van der Waals surface area contributed by atoms with E-state index in [1.807, 2.05) is 6.07 Å². The van der Waals surface area contributed by atoms with Crippen molar-refractivity contribution in [3.05, 3.63) is 58.2 Å². The van der Waals surface area contributed by atoms with Gasteiger partial charge in [0.15, 0.2) is 0 Å². The highest BCUT2D eigenvalue weighted by Gasteiger charge is 2.32. The third-order valence-electron chi connectivity index (χ3n) is 6.09. The summed E-state index contributed by atoms with van der Waals surface area (Å²) in [5, 5.41) is 5.47. The summed E-state index contributed by atoms with van der Waals surface area (Å²) < 4.78 is 17.6. The van der Waals surface area contributed by atoms with Crippen LogP contribution in [0.2, 0.25) is 10.0 Å². The Bertz CT molecular complexity index is 1280. The summed E-state index contributed by atoms with van der Waals surface area (Å²) in [6, 6.07) is 12.1. The van der Waals surface area contributed by atoms with E-state index >= 15 is 0 Å². The minimum Gasteiger partial charge on any atom is -0.497 e. The topological polar surface area (TPSA) is 82.9 Å². The normalized spacial score (nSPS) is 15.5. The van der Waals surface area contributed by atoms with Gasteiger partial charge in [0.05, 0.1) is 48.2 Å². The lowest BCUT2D eigenvalue weighted by atomic mass is 9.98. The Kier molecular flexibility index (Phi) is 8.06. The Balaban J connectivity index is 1.77. The second kappa shape index (κ2) is 11.2. The predicted molar refractivity (Wildman–Crippen MR) is 137 cm³/mol. The van der Waals surface area contributed by atoms with Crippen LogP contribution < -0.4 is 9.47 Å². The molecule has 0 N–H and O–H groups in total. The van der Waals surface area contributed by atoms with E-state index in [1.54, 1.807) is 62.4 Å². The molecular weight excluding hydrogens is 505 g/mol. The summed E-state index contributed by atoms with van der Waals surface area (Å²) in [7, 11) is 3.13. The molecule has 1 aliphatic heterocycles. The van der Waals surface area contributed by atoms with Gasteiger partial charge >= 0.3 is 5.97 Å². The van der Waals surface area contributed by atoms with Gasteiger partial charge in [0.1, 0.15) is 17.2 Å². The smallest absolute Gasteiger partial charge is 0.310 e. The zero-order valence-electron chi connectivity index (χ0n) is 20.3. The fourth-order valence-electron chi connectivity index (χ4n) is 4.26. The minimum atomic E-state index is -0.356. The van der Waals surface area contributed by atoms with Gasteiger partial charge in [-0.05, 0) is 56.2 Å². The molecule has 2 heterocycles. The number of carbonyl (C=O) groups is 2. The fourth-order valence-corrected chi connectivity index (χ4v) is 4.56. The quantitative estimate of drug-likeness (QED) is 0.385. The number of hydrogen-bond donors (Lipinski definition) is 0. The molecule has 4 rings (SSSR count). The highest BCUT2D eigenvalue weighted by atomic mass is 35.5. The summed E-state index contributed by atoms with van der Waals surface area (Å²) in [5.74, 6) is 0.296. The number of carbonyl (C=O) groups excluding carboxylic acids is 2.